The lowest BCUT2D eigenvalue weighted by molar-refractivity contribution is -0.140. The molecule has 3 aliphatic rings. The number of ether oxygens (including phenoxy) is 4. The smallest absolute Gasteiger partial charge is 0.295 e. The van der Waals surface area contributed by atoms with E-state index in [9.17, 15) is 14.7 Å². The average Bonchev–Trinajstić information content (AvgIpc) is 3.55. The Labute approximate surface area is 220 Å². The molecule has 8 heteroatoms. The normalized spacial score (nSPS) is 22.1. The molecule has 194 valence electrons. The van der Waals surface area contributed by atoms with E-state index in [1.807, 2.05) is 48.5 Å². The Balaban J connectivity index is 1.42. The van der Waals surface area contributed by atoms with Crippen LogP contribution in [0.15, 0.2) is 78.4 Å². The van der Waals surface area contributed by atoms with Crippen LogP contribution in [-0.4, -0.2) is 54.2 Å². The topological polar surface area (TPSA) is 94.5 Å². The molecule has 0 radical (unpaired) electrons. The van der Waals surface area contributed by atoms with Crippen LogP contribution in [0.5, 0.6) is 23.0 Å². The van der Waals surface area contributed by atoms with Crippen LogP contribution in [0.1, 0.15) is 30.0 Å². The van der Waals surface area contributed by atoms with Crippen molar-refractivity contribution in [2.45, 2.75) is 25.0 Å². The minimum atomic E-state index is -0.813. The minimum Gasteiger partial charge on any atom is -0.507 e. The Kier molecular flexibility index (Phi) is 6.47. The zero-order valence-electron chi connectivity index (χ0n) is 20.7. The first-order chi connectivity index (χ1) is 18.6. The van der Waals surface area contributed by atoms with Gasteiger partial charge in [-0.15, -0.1) is 0 Å². The lowest BCUT2D eigenvalue weighted by Crippen LogP contribution is -2.36. The summed E-state index contributed by atoms with van der Waals surface area (Å²) in [5.74, 6) is 0.575. The molecule has 38 heavy (non-hydrogen) atoms. The number of fused-ring (bicyclic) bond motifs is 1. The third kappa shape index (κ3) is 4.59. The summed E-state index contributed by atoms with van der Waals surface area (Å²) in [7, 11) is 0. The van der Waals surface area contributed by atoms with Gasteiger partial charge >= 0.3 is 0 Å². The third-order valence-corrected chi connectivity index (χ3v) is 6.93. The van der Waals surface area contributed by atoms with E-state index < -0.39 is 17.7 Å². The van der Waals surface area contributed by atoms with Crippen LogP contribution in [0.3, 0.4) is 0 Å². The van der Waals surface area contributed by atoms with Gasteiger partial charge in [0.2, 0.25) is 0 Å². The molecular weight excluding hydrogens is 486 g/mol. The van der Waals surface area contributed by atoms with Crippen molar-refractivity contribution in [2.75, 3.05) is 26.4 Å². The molecule has 1 amide bonds. The maximum absolute atomic E-state index is 13.4. The quantitative estimate of drug-likeness (QED) is 0.286. The van der Waals surface area contributed by atoms with Gasteiger partial charge in [0.1, 0.15) is 30.5 Å². The fraction of sp³-hybridized carbons (Fsp3) is 0.267. The fourth-order valence-corrected chi connectivity index (χ4v) is 5.14. The van der Waals surface area contributed by atoms with Crippen LogP contribution in [0.2, 0.25) is 0 Å². The summed E-state index contributed by atoms with van der Waals surface area (Å²) >= 11 is 0. The summed E-state index contributed by atoms with van der Waals surface area (Å²) in [6, 6.07) is 20.7. The molecule has 2 fully saturated rings. The number of carbonyl (C=O) groups is 2. The Morgan fingerprint density at radius 3 is 2.47 bits per heavy atom. The van der Waals surface area contributed by atoms with Crippen LogP contribution in [0.25, 0.3) is 5.76 Å². The summed E-state index contributed by atoms with van der Waals surface area (Å²) in [6.45, 7) is 1.69. The summed E-state index contributed by atoms with van der Waals surface area (Å²) in [5, 5.41) is 11.4. The molecule has 3 aliphatic heterocycles. The van der Waals surface area contributed by atoms with Crippen molar-refractivity contribution < 1.29 is 33.6 Å². The number of aliphatic hydroxyl groups is 1. The van der Waals surface area contributed by atoms with E-state index in [2.05, 4.69) is 0 Å². The molecule has 3 aromatic rings. The van der Waals surface area contributed by atoms with E-state index in [0.717, 1.165) is 12.8 Å². The van der Waals surface area contributed by atoms with Gasteiger partial charge in [-0.05, 0) is 60.9 Å². The van der Waals surface area contributed by atoms with Gasteiger partial charge in [0.05, 0.1) is 17.7 Å². The van der Waals surface area contributed by atoms with E-state index in [1.54, 1.807) is 24.3 Å². The zero-order valence-corrected chi connectivity index (χ0v) is 20.7. The van der Waals surface area contributed by atoms with E-state index in [4.69, 9.17) is 18.9 Å². The first kappa shape index (κ1) is 24.1. The second kappa shape index (κ2) is 10.2. The summed E-state index contributed by atoms with van der Waals surface area (Å²) in [6.07, 6.45) is 1.53. The number of hydrogen-bond donors (Lipinski definition) is 1. The number of amides is 1. The van der Waals surface area contributed by atoms with Gasteiger partial charge in [-0.25, -0.2) is 0 Å². The highest BCUT2D eigenvalue weighted by Gasteiger charge is 2.47. The maximum atomic E-state index is 13.4. The number of carbonyl (C=O) groups excluding carboxylic acids is 2. The third-order valence-electron chi connectivity index (χ3n) is 6.93. The Morgan fingerprint density at radius 1 is 0.895 bits per heavy atom. The molecule has 0 spiro atoms. The van der Waals surface area contributed by atoms with E-state index >= 15 is 0 Å². The van der Waals surface area contributed by atoms with Crippen molar-refractivity contribution in [3.05, 3.63) is 89.5 Å². The predicted molar refractivity (Wildman–Crippen MR) is 138 cm³/mol. The lowest BCUT2D eigenvalue weighted by atomic mass is 9.95. The molecule has 0 aromatic heterocycles. The van der Waals surface area contributed by atoms with Crippen LogP contribution in [0, 0.1) is 0 Å². The first-order valence-corrected chi connectivity index (χ1v) is 12.7. The summed E-state index contributed by atoms with van der Waals surface area (Å²) < 4.78 is 23.1. The highest BCUT2D eigenvalue weighted by Crippen LogP contribution is 2.42. The van der Waals surface area contributed by atoms with Crippen LogP contribution in [-0.2, 0) is 14.3 Å². The zero-order chi connectivity index (χ0) is 26.1. The van der Waals surface area contributed by atoms with Crippen molar-refractivity contribution in [3.8, 4) is 23.0 Å². The molecule has 0 saturated carbocycles. The van der Waals surface area contributed by atoms with Gasteiger partial charge in [-0.1, -0.05) is 30.3 Å². The number of aliphatic hydroxyl groups excluding tert-OH is 1. The lowest BCUT2D eigenvalue weighted by Gasteiger charge is -2.28. The predicted octanol–water partition coefficient (Wildman–Crippen LogP) is 4.85. The molecule has 6 rings (SSSR count). The number of Topliss-reactive ketones (excluding diaryl/α,β-unsaturated/α-hetero) is 1. The van der Waals surface area contributed by atoms with Crippen LogP contribution >= 0.6 is 0 Å². The average molecular weight is 514 g/mol. The minimum absolute atomic E-state index is 0.0153. The number of hydrogen-bond acceptors (Lipinski definition) is 7. The maximum Gasteiger partial charge on any atom is 0.295 e. The number of rotatable bonds is 6. The molecule has 2 saturated heterocycles. The highest BCUT2D eigenvalue weighted by atomic mass is 16.6. The number of para-hydroxylation sites is 1. The van der Waals surface area contributed by atoms with E-state index in [-0.39, 0.29) is 24.0 Å². The molecule has 1 N–H and O–H groups in total. The van der Waals surface area contributed by atoms with Crippen molar-refractivity contribution in [3.63, 3.8) is 0 Å². The van der Waals surface area contributed by atoms with Crippen LogP contribution < -0.4 is 14.2 Å². The molecule has 0 bridgehead atoms. The van der Waals surface area contributed by atoms with Gasteiger partial charge in [-0.2, -0.15) is 0 Å². The Hall–Kier alpha value is -4.30. The van der Waals surface area contributed by atoms with Gasteiger partial charge in [0, 0.05) is 18.7 Å². The number of ketones is 1. The number of benzene rings is 3. The molecule has 8 nitrogen and oxygen atoms in total. The summed E-state index contributed by atoms with van der Waals surface area (Å²) in [5.41, 5.74) is 1.03. The Morgan fingerprint density at radius 2 is 1.68 bits per heavy atom. The summed E-state index contributed by atoms with van der Waals surface area (Å²) in [4.78, 5) is 28.3. The van der Waals surface area contributed by atoms with E-state index in [1.165, 1.54) is 4.90 Å². The second-order valence-electron chi connectivity index (χ2n) is 9.43. The molecule has 3 heterocycles. The molecule has 2 atom stereocenters. The second-order valence-corrected chi connectivity index (χ2v) is 9.43. The van der Waals surface area contributed by atoms with Crippen molar-refractivity contribution in [2.24, 2.45) is 0 Å². The van der Waals surface area contributed by atoms with Crippen molar-refractivity contribution >= 4 is 17.4 Å². The van der Waals surface area contributed by atoms with Crippen LogP contribution in [0.4, 0.5) is 0 Å². The largest absolute Gasteiger partial charge is 0.507 e. The van der Waals surface area contributed by atoms with Gasteiger partial charge in [0.25, 0.3) is 11.7 Å². The molecule has 3 aromatic carbocycles. The fourth-order valence-electron chi connectivity index (χ4n) is 5.14. The SMILES string of the molecule is O=C1C(=O)N(C[C@H]2CCCO2)[C@@H](c2cccc(Oc3ccccc3)c2)C1=C(O)c1ccc2c(c1)OCCO2. The molecule has 0 aliphatic carbocycles. The van der Waals surface area contributed by atoms with Gasteiger partial charge < -0.3 is 29.0 Å². The first-order valence-electron chi connectivity index (χ1n) is 12.7. The number of nitrogens with zero attached hydrogens (tertiary/aromatic N) is 1. The van der Waals surface area contributed by atoms with Gasteiger partial charge in [-0.3, -0.25) is 9.59 Å². The number of likely N-dealkylation sites (tertiary alicyclic amines) is 1. The van der Waals surface area contributed by atoms with E-state index in [0.29, 0.717) is 53.9 Å². The standard InChI is InChI=1S/C30H27NO7/c32-28(20-11-12-24-25(17-20)37-15-14-36-24)26-27(31(30(34)29(26)33)18-23-10-5-13-35-23)19-6-4-9-22(16-19)38-21-7-2-1-3-8-21/h1-4,6-9,11-12,16-17,23,27,32H,5,10,13-15,18H2/t23-,27+/m1/s1. The molecular formula is C30H27NO7. The van der Waals surface area contributed by atoms with Gasteiger partial charge in [0.15, 0.2) is 11.5 Å². The van der Waals surface area contributed by atoms with Crippen molar-refractivity contribution in [1.29, 1.82) is 0 Å². The monoisotopic (exact) mass is 513 g/mol. The van der Waals surface area contributed by atoms with Crippen molar-refractivity contribution in [1.82, 2.24) is 4.90 Å². The highest BCUT2D eigenvalue weighted by molar-refractivity contribution is 6.46. The molecule has 0 unspecified atom stereocenters. The Bertz CT molecular complexity index is 1390.